The first-order chi connectivity index (χ1) is 8.16. The van der Waals surface area contributed by atoms with Crippen molar-refractivity contribution >= 4 is 0 Å². The first kappa shape index (κ1) is 12.6. The predicted octanol–water partition coefficient (Wildman–Crippen LogP) is 2.68. The highest BCUT2D eigenvalue weighted by Crippen LogP contribution is 2.20. The van der Waals surface area contributed by atoms with Crippen LogP contribution in [0.4, 0.5) is 0 Å². The van der Waals surface area contributed by atoms with Gasteiger partial charge in [0.05, 0.1) is 0 Å². The maximum Gasteiger partial charge on any atom is 0.0294 e. The molecule has 1 heterocycles. The molecule has 2 nitrogen and oxygen atoms in total. The molecule has 17 heavy (non-hydrogen) atoms. The summed E-state index contributed by atoms with van der Waals surface area (Å²) in [5.41, 5.74) is 1.39. The number of rotatable bonds is 3. The Bertz CT molecular complexity index is 336. The van der Waals surface area contributed by atoms with Crippen LogP contribution in [0, 0.1) is 5.92 Å². The molecule has 1 aliphatic rings. The molecule has 1 fully saturated rings. The smallest absolute Gasteiger partial charge is 0.0294 e. The summed E-state index contributed by atoms with van der Waals surface area (Å²) in [4.78, 5) is 2.43. The number of piperidine rings is 1. The molecule has 1 aromatic carbocycles. The largest absolute Gasteiger partial charge is 0.307 e. The first-order valence-corrected chi connectivity index (χ1v) is 6.66. The minimum Gasteiger partial charge on any atom is -0.307 e. The highest BCUT2D eigenvalue weighted by Gasteiger charge is 2.25. The molecule has 0 unspecified atom stereocenters. The van der Waals surface area contributed by atoms with Gasteiger partial charge in [0.25, 0.3) is 0 Å². The third-order valence-corrected chi connectivity index (χ3v) is 3.87. The zero-order valence-corrected chi connectivity index (χ0v) is 11.2. The molecule has 2 heteroatoms. The zero-order chi connectivity index (χ0) is 12.3. The summed E-state index contributed by atoms with van der Waals surface area (Å²) in [6.07, 6.45) is 1.26. The van der Waals surface area contributed by atoms with Crippen LogP contribution in [0.1, 0.15) is 31.9 Å². The van der Waals surface area contributed by atoms with E-state index in [-0.39, 0.29) is 0 Å². The second-order valence-corrected chi connectivity index (χ2v) is 5.43. The maximum absolute atomic E-state index is 3.78. The highest BCUT2D eigenvalue weighted by atomic mass is 15.1. The summed E-state index contributed by atoms with van der Waals surface area (Å²) in [6.45, 7) is 7.04. The normalized spacial score (nSPS) is 27.9. The van der Waals surface area contributed by atoms with E-state index in [1.165, 1.54) is 25.1 Å². The molecule has 0 radical (unpaired) electrons. The third-order valence-electron chi connectivity index (χ3n) is 3.87. The van der Waals surface area contributed by atoms with E-state index >= 15 is 0 Å². The van der Waals surface area contributed by atoms with Gasteiger partial charge in [-0.3, -0.25) is 0 Å². The lowest BCUT2D eigenvalue weighted by Gasteiger charge is -2.37. The number of likely N-dealkylation sites (tertiary alicyclic amines) is 1. The quantitative estimate of drug-likeness (QED) is 0.862. The van der Waals surface area contributed by atoms with E-state index in [1.54, 1.807) is 0 Å². The van der Waals surface area contributed by atoms with Crippen LogP contribution in [-0.4, -0.2) is 31.1 Å². The standard InChI is InChI=1S/C15H24N2/c1-12-11-17(3)10-9-15(12)16-13(2)14-7-5-4-6-8-14/h4-8,12-13,15-16H,9-11H2,1-3H3/t12-,13-,15+/m0/s1. The molecule has 0 saturated carbocycles. The summed E-state index contributed by atoms with van der Waals surface area (Å²) in [5, 5.41) is 3.78. The fraction of sp³-hybridized carbons (Fsp3) is 0.600. The number of nitrogens with one attached hydrogen (secondary N) is 1. The average molecular weight is 232 g/mol. The van der Waals surface area contributed by atoms with Gasteiger partial charge in [0.15, 0.2) is 0 Å². The maximum atomic E-state index is 3.78. The van der Waals surface area contributed by atoms with Crippen molar-refractivity contribution in [2.24, 2.45) is 5.92 Å². The summed E-state index contributed by atoms with van der Waals surface area (Å²) >= 11 is 0. The molecule has 3 atom stereocenters. The van der Waals surface area contributed by atoms with Gasteiger partial charge in [-0.25, -0.2) is 0 Å². The zero-order valence-electron chi connectivity index (χ0n) is 11.2. The number of benzene rings is 1. The van der Waals surface area contributed by atoms with Crippen molar-refractivity contribution in [1.82, 2.24) is 10.2 Å². The summed E-state index contributed by atoms with van der Waals surface area (Å²) in [7, 11) is 2.22. The molecule has 0 aliphatic carbocycles. The molecular formula is C15H24N2. The molecule has 1 N–H and O–H groups in total. The Kier molecular flexibility index (Phi) is 4.19. The second-order valence-electron chi connectivity index (χ2n) is 5.43. The van der Waals surface area contributed by atoms with Gasteiger partial charge in [0.2, 0.25) is 0 Å². The first-order valence-electron chi connectivity index (χ1n) is 6.66. The summed E-state index contributed by atoms with van der Waals surface area (Å²) in [6, 6.07) is 11.8. The van der Waals surface area contributed by atoms with Gasteiger partial charge in [0.1, 0.15) is 0 Å². The van der Waals surface area contributed by atoms with Crippen LogP contribution < -0.4 is 5.32 Å². The van der Waals surface area contributed by atoms with Crippen LogP contribution in [-0.2, 0) is 0 Å². The third kappa shape index (κ3) is 3.30. The van der Waals surface area contributed by atoms with Crippen molar-refractivity contribution in [3.63, 3.8) is 0 Å². The minimum absolute atomic E-state index is 0.451. The van der Waals surface area contributed by atoms with Crippen LogP contribution in [0.15, 0.2) is 30.3 Å². The van der Waals surface area contributed by atoms with Crippen LogP contribution in [0.25, 0.3) is 0 Å². The van der Waals surface area contributed by atoms with E-state index in [9.17, 15) is 0 Å². The average Bonchev–Trinajstić information content (AvgIpc) is 2.34. The molecule has 0 aromatic heterocycles. The van der Waals surface area contributed by atoms with Gasteiger partial charge in [-0.1, -0.05) is 37.3 Å². The Morgan fingerprint density at radius 3 is 2.65 bits per heavy atom. The fourth-order valence-electron chi connectivity index (χ4n) is 2.76. The van der Waals surface area contributed by atoms with Crippen molar-refractivity contribution in [1.29, 1.82) is 0 Å². The fourth-order valence-corrected chi connectivity index (χ4v) is 2.76. The van der Waals surface area contributed by atoms with Crippen LogP contribution in [0.2, 0.25) is 0 Å². The van der Waals surface area contributed by atoms with Crippen molar-refractivity contribution < 1.29 is 0 Å². The van der Waals surface area contributed by atoms with Crippen molar-refractivity contribution in [2.75, 3.05) is 20.1 Å². The Balaban J connectivity index is 1.93. The Labute approximate surface area is 105 Å². The Morgan fingerprint density at radius 1 is 1.29 bits per heavy atom. The molecule has 0 bridgehead atoms. The van der Waals surface area contributed by atoms with Gasteiger partial charge < -0.3 is 10.2 Å². The van der Waals surface area contributed by atoms with Crippen molar-refractivity contribution in [2.45, 2.75) is 32.4 Å². The second kappa shape index (κ2) is 5.65. The van der Waals surface area contributed by atoms with E-state index in [0.717, 1.165) is 5.92 Å². The van der Waals surface area contributed by atoms with E-state index in [4.69, 9.17) is 0 Å². The molecular weight excluding hydrogens is 208 g/mol. The minimum atomic E-state index is 0.451. The van der Waals surface area contributed by atoms with Crippen LogP contribution in [0.5, 0.6) is 0 Å². The lowest BCUT2D eigenvalue weighted by molar-refractivity contribution is 0.168. The molecule has 1 saturated heterocycles. The van der Waals surface area contributed by atoms with E-state index in [2.05, 4.69) is 61.4 Å². The van der Waals surface area contributed by atoms with E-state index < -0.39 is 0 Å². The molecule has 0 spiro atoms. The lowest BCUT2D eigenvalue weighted by Crippen LogP contribution is -2.47. The predicted molar refractivity (Wildman–Crippen MR) is 73.1 cm³/mol. The topological polar surface area (TPSA) is 15.3 Å². The molecule has 0 amide bonds. The Hall–Kier alpha value is -0.860. The number of hydrogen-bond acceptors (Lipinski definition) is 2. The number of hydrogen-bond donors (Lipinski definition) is 1. The molecule has 94 valence electrons. The van der Waals surface area contributed by atoms with Gasteiger partial charge >= 0.3 is 0 Å². The lowest BCUT2D eigenvalue weighted by atomic mass is 9.93. The molecule has 1 aliphatic heterocycles. The SMILES string of the molecule is C[C@H](N[C@@H]1CCN(C)C[C@@H]1C)c1ccccc1. The van der Waals surface area contributed by atoms with E-state index in [1.807, 2.05) is 0 Å². The number of nitrogens with zero attached hydrogens (tertiary/aromatic N) is 1. The van der Waals surface area contributed by atoms with Crippen LogP contribution in [0.3, 0.4) is 0 Å². The van der Waals surface area contributed by atoms with E-state index in [0.29, 0.717) is 12.1 Å². The monoisotopic (exact) mass is 232 g/mol. The van der Waals surface area contributed by atoms with Gasteiger partial charge in [-0.2, -0.15) is 0 Å². The summed E-state index contributed by atoms with van der Waals surface area (Å²) < 4.78 is 0. The van der Waals surface area contributed by atoms with Gasteiger partial charge in [0, 0.05) is 18.6 Å². The van der Waals surface area contributed by atoms with Crippen molar-refractivity contribution in [3.05, 3.63) is 35.9 Å². The molecule has 2 rings (SSSR count). The summed E-state index contributed by atoms with van der Waals surface area (Å²) in [5.74, 6) is 0.736. The Morgan fingerprint density at radius 2 is 2.00 bits per heavy atom. The molecule has 1 aromatic rings. The van der Waals surface area contributed by atoms with Gasteiger partial charge in [-0.15, -0.1) is 0 Å². The van der Waals surface area contributed by atoms with Gasteiger partial charge in [-0.05, 0) is 38.4 Å². The highest BCUT2D eigenvalue weighted by molar-refractivity contribution is 5.18. The van der Waals surface area contributed by atoms with Crippen LogP contribution >= 0.6 is 0 Å². The van der Waals surface area contributed by atoms with Crippen molar-refractivity contribution in [3.8, 4) is 0 Å².